The summed E-state index contributed by atoms with van der Waals surface area (Å²) in [7, 11) is 3.23. The number of carboxylic acids is 1. The minimum Gasteiger partial charge on any atom is -0.496 e. The Kier molecular flexibility index (Phi) is 5.36. The summed E-state index contributed by atoms with van der Waals surface area (Å²) in [5, 5.41) is 8.56. The summed E-state index contributed by atoms with van der Waals surface area (Å²) in [6, 6.07) is 5.27. The monoisotopic (exact) mass is 265 g/mol. The molecule has 0 aliphatic carbocycles. The molecule has 1 rings (SSSR count). The fraction of sp³-hybridized carbons (Fsp3) is 0.429. The molecule has 0 radical (unpaired) electrons. The fourth-order valence-electron chi connectivity index (χ4n) is 1.74. The van der Waals surface area contributed by atoms with Gasteiger partial charge < -0.3 is 14.7 Å². The van der Waals surface area contributed by atoms with Crippen LogP contribution < -0.4 is 4.74 Å². The Hall–Kier alpha value is -2.04. The standard InChI is InChI=1S/C14H19NO4/c1-10-6-7-11(9-12(10)19-3)14(18)15(2)8-4-5-13(16)17/h6-7,9H,4-5,8H2,1-3H3,(H,16,17). The van der Waals surface area contributed by atoms with E-state index in [4.69, 9.17) is 9.84 Å². The summed E-state index contributed by atoms with van der Waals surface area (Å²) in [6.45, 7) is 2.32. The van der Waals surface area contributed by atoms with Crippen molar-refractivity contribution >= 4 is 11.9 Å². The molecule has 5 nitrogen and oxygen atoms in total. The second-order valence-electron chi connectivity index (χ2n) is 4.41. The van der Waals surface area contributed by atoms with Crippen molar-refractivity contribution in [3.05, 3.63) is 29.3 Å². The van der Waals surface area contributed by atoms with Gasteiger partial charge in [-0.05, 0) is 31.0 Å². The Labute approximate surface area is 112 Å². The van der Waals surface area contributed by atoms with Crippen LogP contribution in [-0.4, -0.2) is 42.6 Å². The summed E-state index contributed by atoms with van der Waals surface area (Å²) in [5.74, 6) is -0.314. The first kappa shape index (κ1) is 15.0. The van der Waals surface area contributed by atoms with Crippen LogP contribution in [0, 0.1) is 6.92 Å². The van der Waals surface area contributed by atoms with Crippen LogP contribution in [0.5, 0.6) is 5.75 Å². The molecule has 0 heterocycles. The van der Waals surface area contributed by atoms with Crippen molar-refractivity contribution < 1.29 is 19.4 Å². The van der Waals surface area contributed by atoms with E-state index in [-0.39, 0.29) is 12.3 Å². The van der Waals surface area contributed by atoms with E-state index < -0.39 is 5.97 Å². The van der Waals surface area contributed by atoms with Gasteiger partial charge in [-0.2, -0.15) is 0 Å². The number of benzene rings is 1. The van der Waals surface area contributed by atoms with Gasteiger partial charge in [0.2, 0.25) is 0 Å². The molecule has 19 heavy (non-hydrogen) atoms. The molecule has 0 fully saturated rings. The maximum absolute atomic E-state index is 12.1. The van der Waals surface area contributed by atoms with Crippen LogP contribution in [-0.2, 0) is 4.79 Å². The maximum Gasteiger partial charge on any atom is 0.303 e. The lowest BCUT2D eigenvalue weighted by Gasteiger charge is -2.17. The van der Waals surface area contributed by atoms with E-state index >= 15 is 0 Å². The van der Waals surface area contributed by atoms with Gasteiger partial charge in [0.05, 0.1) is 7.11 Å². The number of carboxylic acid groups (broad SMARTS) is 1. The maximum atomic E-state index is 12.1. The van der Waals surface area contributed by atoms with E-state index in [1.807, 2.05) is 13.0 Å². The van der Waals surface area contributed by atoms with E-state index in [9.17, 15) is 9.59 Å². The molecule has 0 aliphatic rings. The molecule has 5 heteroatoms. The molecule has 0 bridgehead atoms. The Morgan fingerprint density at radius 3 is 2.63 bits per heavy atom. The zero-order valence-electron chi connectivity index (χ0n) is 11.5. The third-order valence-corrected chi connectivity index (χ3v) is 2.89. The predicted molar refractivity (Wildman–Crippen MR) is 71.6 cm³/mol. The van der Waals surface area contributed by atoms with Gasteiger partial charge >= 0.3 is 5.97 Å². The van der Waals surface area contributed by atoms with Crippen LogP contribution >= 0.6 is 0 Å². The molecular formula is C14H19NO4. The van der Waals surface area contributed by atoms with Crippen molar-refractivity contribution in [3.63, 3.8) is 0 Å². The van der Waals surface area contributed by atoms with Gasteiger partial charge in [-0.25, -0.2) is 0 Å². The fourth-order valence-corrected chi connectivity index (χ4v) is 1.74. The zero-order valence-corrected chi connectivity index (χ0v) is 11.5. The predicted octanol–water partition coefficient (Wildman–Crippen LogP) is 1.94. The molecule has 0 atom stereocenters. The topological polar surface area (TPSA) is 66.8 Å². The number of aliphatic carboxylic acids is 1. The number of hydrogen-bond acceptors (Lipinski definition) is 3. The number of nitrogens with zero attached hydrogens (tertiary/aromatic N) is 1. The summed E-state index contributed by atoms with van der Waals surface area (Å²) < 4.78 is 5.18. The average molecular weight is 265 g/mol. The number of carbonyl (C=O) groups excluding carboxylic acids is 1. The van der Waals surface area contributed by atoms with Gasteiger partial charge in [0, 0.05) is 25.6 Å². The first-order valence-electron chi connectivity index (χ1n) is 6.07. The van der Waals surface area contributed by atoms with E-state index in [0.717, 1.165) is 5.56 Å². The number of amides is 1. The van der Waals surface area contributed by atoms with E-state index in [2.05, 4.69) is 0 Å². The Bertz CT molecular complexity index is 471. The molecule has 0 saturated heterocycles. The second kappa shape index (κ2) is 6.78. The van der Waals surface area contributed by atoms with Gasteiger partial charge in [-0.3, -0.25) is 9.59 Å². The molecular weight excluding hydrogens is 246 g/mol. The van der Waals surface area contributed by atoms with Crippen molar-refractivity contribution in [1.82, 2.24) is 4.90 Å². The number of carbonyl (C=O) groups is 2. The number of ether oxygens (including phenoxy) is 1. The molecule has 1 N–H and O–H groups in total. The summed E-state index contributed by atoms with van der Waals surface area (Å²) in [6.07, 6.45) is 0.509. The van der Waals surface area contributed by atoms with Crippen LogP contribution in [0.2, 0.25) is 0 Å². The van der Waals surface area contributed by atoms with Crippen molar-refractivity contribution in [1.29, 1.82) is 0 Å². The van der Waals surface area contributed by atoms with E-state index in [1.54, 1.807) is 26.3 Å². The largest absolute Gasteiger partial charge is 0.496 e. The van der Waals surface area contributed by atoms with Crippen LogP contribution in [0.3, 0.4) is 0 Å². The third kappa shape index (κ3) is 4.28. The molecule has 1 amide bonds. The zero-order chi connectivity index (χ0) is 14.4. The molecule has 0 aliphatic heterocycles. The SMILES string of the molecule is COc1cc(C(=O)N(C)CCCC(=O)O)ccc1C. The number of aryl methyl sites for hydroxylation is 1. The number of rotatable bonds is 6. The lowest BCUT2D eigenvalue weighted by atomic mass is 10.1. The Balaban J connectivity index is 2.68. The molecule has 0 unspecified atom stereocenters. The first-order chi connectivity index (χ1) is 8.95. The molecule has 104 valence electrons. The van der Waals surface area contributed by atoms with Crippen LogP contribution in [0.1, 0.15) is 28.8 Å². The minimum atomic E-state index is -0.849. The Morgan fingerprint density at radius 2 is 2.05 bits per heavy atom. The highest BCUT2D eigenvalue weighted by molar-refractivity contribution is 5.94. The molecule has 0 saturated carbocycles. The minimum absolute atomic E-state index is 0.0643. The van der Waals surface area contributed by atoms with Gasteiger partial charge in [0.1, 0.15) is 5.75 Å². The van der Waals surface area contributed by atoms with Crippen LogP contribution in [0.15, 0.2) is 18.2 Å². The van der Waals surface area contributed by atoms with Crippen molar-refractivity contribution in [2.45, 2.75) is 19.8 Å². The van der Waals surface area contributed by atoms with Gasteiger partial charge in [-0.15, -0.1) is 0 Å². The number of hydrogen-bond donors (Lipinski definition) is 1. The van der Waals surface area contributed by atoms with Crippen molar-refractivity contribution in [2.75, 3.05) is 20.7 Å². The quantitative estimate of drug-likeness (QED) is 0.853. The normalized spacial score (nSPS) is 10.1. The van der Waals surface area contributed by atoms with Gasteiger partial charge in [0.25, 0.3) is 5.91 Å². The smallest absolute Gasteiger partial charge is 0.303 e. The highest BCUT2D eigenvalue weighted by atomic mass is 16.5. The highest BCUT2D eigenvalue weighted by Crippen LogP contribution is 2.19. The lowest BCUT2D eigenvalue weighted by molar-refractivity contribution is -0.137. The van der Waals surface area contributed by atoms with E-state index in [0.29, 0.717) is 24.3 Å². The van der Waals surface area contributed by atoms with Crippen LogP contribution in [0.25, 0.3) is 0 Å². The molecule has 1 aromatic rings. The average Bonchev–Trinajstić information content (AvgIpc) is 2.38. The summed E-state index contributed by atoms with van der Waals surface area (Å²) in [4.78, 5) is 24.1. The third-order valence-electron chi connectivity index (χ3n) is 2.89. The number of methoxy groups -OCH3 is 1. The Morgan fingerprint density at radius 1 is 1.37 bits per heavy atom. The molecule has 0 aromatic heterocycles. The first-order valence-corrected chi connectivity index (χ1v) is 6.07. The summed E-state index contributed by atoms with van der Waals surface area (Å²) >= 11 is 0. The lowest BCUT2D eigenvalue weighted by Crippen LogP contribution is -2.28. The van der Waals surface area contributed by atoms with E-state index in [1.165, 1.54) is 4.90 Å². The molecule has 0 spiro atoms. The second-order valence-corrected chi connectivity index (χ2v) is 4.41. The van der Waals surface area contributed by atoms with Crippen LogP contribution in [0.4, 0.5) is 0 Å². The highest BCUT2D eigenvalue weighted by Gasteiger charge is 2.13. The van der Waals surface area contributed by atoms with Gasteiger partial charge in [-0.1, -0.05) is 6.07 Å². The van der Waals surface area contributed by atoms with Crippen molar-refractivity contribution in [2.24, 2.45) is 0 Å². The molecule has 1 aromatic carbocycles. The van der Waals surface area contributed by atoms with Gasteiger partial charge in [0.15, 0.2) is 0 Å². The summed E-state index contributed by atoms with van der Waals surface area (Å²) in [5.41, 5.74) is 1.51. The van der Waals surface area contributed by atoms with Crippen molar-refractivity contribution in [3.8, 4) is 5.75 Å².